The number of aliphatic hydroxyl groups excluding tert-OH is 1. The topological polar surface area (TPSA) is 96.9 Å². The van der Waals surface area contributed by atoms with Gasteiger partial charge in [-0.15, -0.1) is 13.2 Å². The summed E-state index contributed by atoms with van der Waals surface area (Å²) in [5, 5.41) is 16.1. The lowest BCUT2D eigenvalue weighted by molar-refractivity contribution is -0.351. The maximum atomic E-state index is 12.3. The minimum atomic E-state index is -4.65. The van der Waals surface area contributed by atoms with Crippen LogP contribution in [0.2, 0.25) is 5.02 Å². The number of benzene rings is 1. The molecule has 1 aliphatic heterocycles. The smallest absolute Gasteiger partial charge is 0.480 e. The Labute approximate surface area is 182 Å². The number of hydrogen-bond donors (Lipinski definition) is 3. The van der Waals surface area contributed by atoms with Crippen LogP contribution >= 0.6 is 11.6 Å². The number of unbranched alkanes of at least 4 members (excludes halogenated alkanes) is 1. The minimum Gasteiger partial charge on any atom is -0.480 e. The van der Waals surface area contributed by atoms with Crippen LogP contribution in [0.1, 0.15) is 50.2 Å². The van der Waals surface area contributed by atoms with Crippen molar-refractivity contribution in [2.75, 3.05) is 6.54 Å². The summed E-state index contributed by atoms with van der Waals surface area (Å²) in [6.07, 6.45) is -5.55. The van der Waals surface area contributed by atoms with Crippen LogP contribution in [0.3, 0.4) is 0 Å². The van der Waals surface area contributed by atoms with Gasteiger partial charge in [0.1, 0.15) is 5.75 Å². The Morgan fingerprint density at radius 1 is 1.23 bits per heavy atom. The van der Waals surface area contributed by atoms with Crippen LogP contribution in [-0.4, -0.2) is 48.1 Å². The summed E-state index contributed by atoms with van der Waals surface area (Å²) in [6, 6.07) is 4.53. The number of alkyl halides is 3. The highest BCUT2D eigenvalue weighted by molar-refractivity contribution is 6.30. The largest absolute Gasteiger partial charge is 0.522 e. The van der Waals surface area contributed by atoms with E-state index in [0.29, 0.717) is 35.7 Å². The number of fused-ring (bicyclic) bond motifs is 1. The maximum absolute atomic E-state index is 12.3. The van der Waals surface area contributed by atoms with E-state index in [9.17, 15) is 27.9 Å². The summed E-state index contributed by atoms with van der Waals surface area (Å²) in [4.78, 5) is 24.1. The van der Waals surface area contributed by atoms with Crippen LogP contribution in [0.25, 0.3) is 0 Å². The van der Waals surface area contributed by atoms with Gasteiger partial charge >= 0.3 is 6.36 Å². The monoisotopic (exact) mass is 464 g/mol. The van der Waals surface area contributed by atoms with Gasteiger partial charge in [0, 0.05) is 36.0 Å². The molecular weight excluding hydrogens is 441 g/mol. The van der Waals surface area contributed by atoms with Crippen LogP contribution in [0, 0.1) is 0 Å². The molecule has 0 aromatic heterocycles. The zero-order valence-electron chi connectivity index (χ0n) is 16.6. The van der Waals surface area contributed by atoms with Crippen molar-refractivity contribution in [3.8, 4) is 5.75 Å². The molecule has 0 unspecified atom stereocenters. The molecule has 1 fully saturated rings. The zero-order chi connectivity index (χ0) is 22.6. The predicted octanol–water partition coefficient (Wildman–Crippen LogP) is 2.99. The summed E-state index contributed by atoms with van der Waals surface area (Å²) in [5.74, 6) is -0.177. The number of ether oxygens (including phenoxy) is 2. The summed E-state index contributed by atoms with van der Waals surface area (Å²) < 4.78 is 45.7. The molecule has 2 atom stereocenters. The van der Waals surface area contributed by atoms with Gasteiger partial charge < -0.3 is 20.5 Å². The first-order chi connectivity index (χ1) is 14.6. The number of hydrogen-bond acceptors (Lipinski definition) is 5. The molecule has 11 heteroatoms. The fraction of sp³-hybridized carbons (Fsp3) is 0.600. The Kier molecular flexibility index (Phi) is 7.66. The van der Waals surface area contributed by atoms with E-state index in [1.165, 1.54) is 0 Å². The van der Waals surface area contributed by atoms with Crippen molar-refractivity contribution in [3.05, 3.63) is 28.8 Å². The standard InChI is InChI=1S/C20H24ClF3N2O5/c21-11-4-5-16-14(7-11)15(27)10-17(30-16)19(29)25-6-2-1-3-18(28)26-12-8-13(9-12)31-20(22,23)24/h4-5,7,12-13,15,17,27H,1-3,6,8-10H2,(H,25,29)(H,26,28)/t12-,13+,15-,17-/m1/s1. The van der Waals surface area contributed by atoms with E-state index >= 15 is 0 Å². The first-order valence-corrected chi connectivity index (χ1v) is 10.4. The third kappa shape index (κ3) is 6.98. The van der Waals surface area contributed by atoms with Crippen LogP contribution in [0.5, 0.6) is 5.75 Å². The normalized spacial score (nSPS) is 25.1. The Morgan fingerprint density at radius 3 is 2.68 bits per heavy atom. The first kappa shape index (κ1) is 23.6. The second kappa shape index (κ2) is 10.1. The molecule has 31 heavy (non-hydrogen) atoms. The van der Waals surface area contributed by atoms with Gasteiger partial charge in [-0.2, -0.15) is 0 Å². The Bertz CT molecular complexity index is 802. The molecule has 0 bridgehead atoms. The first-order valence-electron chi connectivity index (χ1n) is 10.1. The third-order valence-corrected chi connectivity index (χ3v) is 5.46. The molecule has 2 amide bonds. The van der Waals surface area contributed by atoms with Gasteiger partial charge in [-0.3, -0.25) is 14.3 Å². The van der Waals surface area contributed by atoms with E-state index in [0.717, 1.165) is 0 Å². The fourth-order valence-electron chi connectivity index (χ4n) is 3.58. The van der Waals surface area contributed by atoms with Crippen molar-refractivity contribution in [1.29, 1.82) is 0 Å². The number of carbonyl (C=O) groups is 2. The van der Waals surface area contributed by atoms with Crippen molar-refractivity contribution >= 4 is 23.4 Å². The van der Waals surface area contributed by atoms with Crippen LogP contribution < -0.4 is 15.4 Å². The number of nitrogens with one attached hydrogen (secondary N) is 2. The summed E-state index contributed by atoms with van der Waals surface area (Å²) in [5.41, 5.74) is 0.547. The van der Waals surface area contributed by atoms with Gasteiger partial charge in [0.2, 0.25) is 5.91 Å². The van der Waals surface area contributed by atoms with Gasteiger partial charge in [0.15, 0.2) is 6.10 Å². The summed E-state index contributed by atoms with van der Waals surface area (Å²) in [6.45, 7) is 0.334. The predicted molar refractivity (Wildman–Crippen MR) is 104 cm³/mol. The Hall–Kier alpha value is -2.04. The highest BCUT2D eigenvalue weighted by atomic mass is 35.5. The van der Waals surface area contributed by atoms with Crippen molar-refractivity contribution in [2.45, 2.75) is 69.2 Å². The lowest BCUT2D eigenvalue weighted by Crippen LogP contribution is -2.49. The number of halogens is 4. The maximum Gasteiger partial charge on any atom is 0.522 e. The number of carbonyl (C=O) groups excluding carboxylic acids is 2. The second-order valence-electron chi connectivity index (χ2n) is 7.71. The van der Waals surface area contributed by atoms with E-state index < -0.39 is 24.7 Å². The Morgan fingerprint density at radius 2 is 1.97 bits per heavy atom. The minimum absolute atomic E-state index is 0.113. The molecule has 0 spiro atoms. The molecule has 3 N–H and O–H groups in total. The fourth-order valence-corrected chi connectivity index (χ4v) is 3.76. The highest BCUT2D eigenvalue weighted by Crippen LogP contribution is 2.36. The zero-order valence-corrected chi connectivity index (χ0v) is 17.3. The van der Waals surface area contributed by atoms with Crippen molar-refractivity contribution < 1.29 is 37.3 Å². The van der Waals surface area contributed by atoms with Gasteiger partial charge in [-0.25, -0.2) is 0 Å². The Balaban J connectivity index is 1.28. The quantitative estimate of drug-likeness (QED) is 0.514. The van der Waals surface area contributed by atoms with Gasteiger partial charge in [0.05, 0.1) is 12.2 Å². The second-order valence-corrected chi connectivity index (χ2v) is 8.15. The molecular formula is C20H24ClF3N2O5. The molecule has 0 saturated heterocycles. The number of amides is 2. The molecule has 172 valence electrons. The van der Waals surface area contributed by atoms with Gasteiger partial charge in [-0.05, 0) is 43.9 Å². The van der Waals surface area contributed by atoms with Crippen LogP contribution in [0.15, 0.2) is 18.2 Å². The molecule has 7 nitrogen and oxygen atoms in total. The molecule has 1 aliphatic carbocycles. The molecule has 2 aliphatic rings. The number of aliphatic hydroxyl groups is 1. The van der Waals surface area contributed by atoms with Gasteiger partial charge in [0.25, 0.3) is 5.91 Å². The lowest BCUT2D eigenvalue weighted by Gasteiger charge is -2.35. The van der Waals surface area contributed by atoms with E-state index in [1.807, 2.05) is 0 Å². The average Bonchev–Trinajstić information content (AvgIpc) is 2.65. The molecule has 0 radical (unpaired) electrons. The SMILES string of the molecule is O=C(CCCCNC(=O)[C@H]1C[C@@H](O)c2cc(Cl)ccc2O1)N[C@H]1C[C@@H](OC(F)(F)F)C1. The summed E-state index contributed by atoms with van der Waals surface area (Å²) >= 11 is 5.91. The van der Waals surface area contributed by atoms with Crippen LogP contribution in [-0.2, 0) is 14.3 Å². The highest BCUT2D eigenvalue weighted by Gasteiger charge is 2.40. The van der Waals surface area contributed by atoms with Crippen molar-refractivity contribution in [3.63, 3.8) is 0 Å². The van der Waals surface area contributed by atoms with E-state index in [1.54, 1.807) is 18.2 Å². The molecule has 1 saturated carbocycles. The van der Waals surface area contributed by atoms with Gasteiger partial charge in [-0.1, -0.05) is 11.6 Å². The molecule has 1 heterocycles. The van der Waals surface area contributed by atoms with Crippen molar-refractivity contribution in [1.82, 2.24) is 10.6 Å². The molecule has 1 aromatic rings. The number of rotatable bonds is 8. The third-order valence-electron chi connectivity index (χ3n) is 5.22. The molecule has 1 aromatic carbocycles. The van der Waals surface area contributed by atoms with E-state index in [2.05, 4.69) is 15.4 Å². The molecule has 3 rings (SSSR count). The van der Waals surface area contributed by atoms with E-state index in [-0.39, 0.29) is 43.5 Å². The van der Waals surface area contributed by atoms with Crippen molar-refractivity contribution in [2.24, 2.45) is 0 Å². The lowest BCUT2D eigenvalue weighted by atomic mass is 9.89. The van der Waals surface area contributed by atoms with E-state index in [4.69, 9.17) is 16.3 Å². The van der Waals surface area contributed by atoms with Crippen LogP contribution in [0.4, 0.5) is 13.2 Å². The average molecular weight is 465 g/mol. The summed E-state index contributed by atoms with van der Waals surface area (Å²) in [7, 11) is 0.